The quantitative estimate of drug-likeness (QED) is 0.663. The Morgan fingerprint density at radius 2 is 2.50 bits per heavy atom. The van der Waals surface area contributed by atoms with Gasteiger partial charge in [-0.25, -0.2) is 4.98 Å². The number of nitrogens with zero attached hydrogens (tertiary/aromatic N) is 3. The van der Waals surface area contributed by atoms with Gasteiger partial charge in [-0.15, -0.1) is 11.3 Å². The normalized spacial score (nSPS) is 9.92. The van der Waals surface area contributed by atoms with Gasteiger partial charge in [-0.3, -0.25) is 4.98 Å². The van der Waals surface area contributed by atoms with Crippen LogP contribution in [0.1, 0.15) is 5.01 Å². The lowest BCUT2D eigenvalue weighted by molar-refractivity contribution is 1.20. The van der Waals surface area contributed by atoms with Crippen molar-refractivity contribution in [3.63, 3.8) is 0 Å². The summed E-state index contributed by atoms with van der Waals surface area (Å²) in [6.45, 7) is 0. The molecule has 0 unspecified atom stereocenters. The molecule has 0 amide bonds. The van der Waals surface area contributed by atoms with Crippen molar-refractivity contribution in [1.82, 2.24) is 9.97 Å². The molecule has 58 valence electrons. The van der Waals surface area contributed by atoms with Crippen molar-refractivity contribution in [3.05, 3.63) is 23.5 Å². The monoisotopic (exact) mass is 175 g/mol. The van der Waals surface area contributed by atoms with E-state index in [2.05, 4.69) is 16.0 Å². The molecule has 0 saturated heterocycles. The third-order valence-corrected chi connectivity index (χ3v) is 2.50. The SMILES string of the molecule is N#CCc1nc2cnccc2s1. The second-order valence-corrected chi connectivity index (χ2v) is 3.40. The van der Waals surface area contributed by atoms with E-state index in [1.165, 1.54) is 0 Å². The van der Waals surface area contributed by atoms with Crippen molar-refractivity contribution in [3.8, 4) is 6.07 Å². The number of fused-ring (bicyclic) bond motifs is 1. The summed E-state index contributed by atoms with van der Waals surface area (Å²) in [5.41, 5.74) is 0.882. The van der Waals surface area contributed by atoms with E-state index in [4.69, 9.17) is 5.26 Å². The van der Waals surface area contributed by atoms with Crippen LogP contribution in [0.2, 0.25) is 0 Å². The second-order valence-electron chi connectivity index (χ2n) is 2.29. The zero-order valence-corrected chi connectivity index (χ0v) is 7.01. The average molecular weight is 175 g/mol. The summed E-state index contributed by atoms with van der Waals surface area (Å²) in [5.74, 6) is 0. The second kappa shape index (κ2) is 2.88. The molecule has 0 aliphatic heterocycles. The molecule has 0 radical (unpaired) electrons. The number of thiazole rings is 1. The number of rotatable bonds is 1. The Morgan fingerprint density at radius 1 is 1.58 bits per heavy atom. The highest BCUT2D eigenvalue weighted by molar-refractivity contribution is 7.18. The smallest absolute Gasteiger partial charge is 0.108 e. The van der Waals surface area contributed by atoms with Crippen LogP contribution in [-0.2, 0) is 6.42 Å². The summed E-state index contributed by atoms with van der Waals surface area (Å²) in [6.07, 6.45) is 3.84. The van der Waals surface area contributed by atoms with E-state index in [0.29, 0.717) is 6.42 Å². The van der Waals surface area contributed by atoms with Crippen LogP contribution in [0, 0.1) is 11.3 Å². The maximum Gasteiger partial charge on any atom is 0.108 e. The summed E-state index contributed by atoms with van der Waals surface area (Å²) >= 11 is 1.55. The highest BCUT2D eigenvalue weighted by atomic mass is 32.1. The molecular formula is C8H5N3S. The Bertz CT molecular complexity index is 408. The van der Waals surface area contributed by atoms with Crippen molar-refractivity contribution >= 4 is 21.6 Å². The minimum atomic E-state index is 0.388. The predicted octanol–water partition coefficient (Wildman–Crippen LogP) is 1.76. The molecule has 3 nitrogen and oxygen atoms in total. The van der Waals surface area contributed by atoms with E-state index in [0.717, 1.165) is 15.2 Å². The Hall–Kier alpha value is -1.47. The first-order valence-corrected chi connectivity index (χ1v) is 4.28. The fourth-order valence-electron chi connectivity index (χ4n) is 0.971. The van der Waals surface area contributed by atoms with Gasteiger partial charge in [0.05, 0.1) is 28.9 Å². The van der Waals surface area contributed by atoms with Gasteiger partial charge in [0.2, 0.25) is 0 Å². The van der Waals surface area contributed by atoms with Crippen LogP contribution in [-0.4, -0.2) is 9.97 Å². The number of hydrogen-bond acceptors (Lipinski definition) is 4. The molecule has 0 aromatic carbocycles. The van der Waals surface area contributed by atoms with Crippen LogP contribution in [0.4, 0.5) is 0 Å². The Labute approximate surface area is 73.3 Å². The molecule has 0 atom stereocenters. The molecule has 12 heavy (non-hydrogen) atoms. The van der Waals surface area contributed by atoms with E-state index < -0.39 is 0 Å². The fraction of sp³-hybridized carbons (Fsp3) is 0.125. The van der Waals surface area contributed by atoms with Crippen LogP contribution in [0.15, 0.2) is 18.5 Å². The van der Waals surface area contributed by atoms with Gasteiger partial charge in [0.1, 0.15) is 5.01 Å². The van der Waals surface area contributed by atoms with Crippen molar-refractivity contribution < 1.29 is 0 Å². The molecule has 4 heteroatoms. The topological polar surface area (TPSA) is 49.6 Å². The van der Waals surface area contributed by atoms with E-state index in [1.54, 1.807) is 23.7 Å². The lowest BCUT2D eigenvalue weighted by Gasteiger charge is -1.80. The van der Waals surface area contributed by atoms with Gasteiger partial charge in [-0.05, 0) is 6.07 Å². The molecule has 2 heterocycles. The van der Waals surface area contributed by atoms with Crippen LogP contribution in [0.5, 0.6) is 0 Å². The first-order valence-electron chi connectivity index (χ1n) is 3.46. The van der Waals surface area contributed by atoms with Crippen LogP contribution in [0.3, 0.4) is 0 Å². The zero-order chi connectivity index (χ0) is 8.39. The lowest BCUT2D eigenvalue weighted by atomic mass is 10.4. The predicted molar refractivity (Wildman–Crippen MR) is 46.7 cm³/mol. The van der Waals surface area contributed by atoms with E-state index >= 15 is 0 Å². The molecule has 0 fully saturated rings. The zero-order valence-electron chi connectivity index (χ0n) is 6.19. The molecule has 2 rings (SSSR count). The maximum absolute atomic E-state index is 8.45. The minimum Gasteiger partial charge on any atom is -0.262 e. The van der Waals surface area contributed by atoms with Crippen molar-refractivity contribution in [2.75, 3.05) is 0 Å². The average Bonchev–Trinajstić information content (AvgIpc) is 2.47. The molecule has 0 aliphatic rings. The maximum atomic E-state index is 8.45. The number of pyridine rings is 1. The fourth-order valence-corrected chi connectivity index (χ4v) is 1.84. The summed E-state index contributed by atoms with van der Waals surface area (Å²) in [6, 6.07) is 3.98. The Balaban J connectivity index is 2.56. The van der Waals surface area contributed by atoms with Gasteiger partial charge >= 0.3 is 0 Å². The minimum absolute atomic E-state index is 0.388. The Kier molecular flexibility index (Phi) is 1.72. The van der Waals surface area contributed by atoms with E-state index in [9.17, 15) is 0 Å². The summed E-state index contributed by atoms with van der Waals surface area (Å²) in [5, 5.41) is 9.31. The van der Waals surface area contributed by atoms with Crippen molar-refractivity contribution in [2.24, 2.45) is 0 Å². The van der Waals surface area contributed by atoms with Gasteiger partial charge in [-0.1, -0.05) is 0 Å². The number of hydrogen-bond donors (Lipinski definition) is 0. The van der Waals surface area contributed by atoms with Gasteiger partial charge in [0.25, 0.3) is 0 Å². The standard InChI is InChI=1S/C8H5N3S/c9-3-1-8-11-6-5-10-4-2-7(6)12-8/h2,4-5H,1H2. The van der Waals surface area contributed by atoms with Crippen LogP contribution >= 0.6 is 11.3 Å². The van der Waals surface area contributed by atoms with E-state index in [1.807, 2.05) is 6.07 Å². The number of aromatic nitrogens is 2. The molecule has 0 saturated carbocycles. The van der Waals surface area contributed by atoms with Crippen molar-refractivity contribution in [2.45, 2.75) is 6.42 Å². The molecular weight excluding hydrogens is 170 g/mol. The van der Waals surface area contributed by atoms with Crippen LogP contribution in [0.25, 0.3) is 10.2 Å². The first kappa shape index (κ1) is 7.19. The highest BCUT2D eigenvalue weighted by Crippen LogP contribution is 2.20. The van der Waals surface area contributed by atoms with Gasteiger partial charge in [0.15, 0.2) is 0 Å². The molecule has 0 spiro atoms. The van der Waals surface area contributed by atoms with Gasteiger partial charge in [-0.2, -0.15) is 5.26 Å². The highest BCUT2D eigenvalue weighted by Gasteiger charge is 2.01. The number of nitriles is 1. The molecule has 0 aliphatic carbocycles. The largest absolute Gasteiger partial charge is 0.262 e. The third-order valence-electron chi connectivity index (χ3n) is 1.46. The Morgan fingerprint density at radius 3 is 3.25 bits per heavy atom. The van der Waals surface area contributed by atoms with Gasteiger partial charge in [0, 0.05) is 6.20 Å². The third kappa shape index (κ3) is 1.15. The molecule has 2 aromatic rings. The summed E-state index contributed by atoms with van der Waals surface area (Å²) in [4.78, 5) is 8.18. The van der Waals surface area contributed by atoms with E-state index in [-0.39, 0.29) is 0 Å². The molecule has 2 aromatic heterocycles. The van der Waals surface area contributed by atoms with Gasteiger partial charge < -0.3 is 0 Å². The lowest BCUT2D eigenvalue weighted by Crippen LogP contribution is -1.76. The van der Waals surface area contributed by atoms with Crippen LogP contribution < -0.4 is 0 Å². The van der Waals surface area contributed by atoms with Crippen molar-refractivity contribution in [1.29, 1.82) is 5.26 Å². The first-order chi connectivity index (χ1) is 5.90. The molecule has 0 N–H and O–H groups in total. The summed E-state index contributed by atoms with van der Waals surface area (Å²) < 4.78 is 1.09. The molecule has 0 bridgehead atoms. The summed E-state index contributed by atoms with van der Waals surface area (Å²) in [7, 11) is 0.